The first kappa shape index (κ1) is 13.9. The van der Waals surface area contributed by atoms with Crippen LogP contribution in [0.25, 0.3) is 0 Å². The predicted molar refractivity (Wildman–Crippen MR) is 72.8 cm³/mol. The van der Waals surface area contributed by atoms with Crippen molar-refractivity contribution in [2.45, 2.75) is 19.8 Å². The Morgan fingerprint density at radius 2 is 2.05 bits per heavy atom. The summed E-state index contributed by atoms with van der Waals surface area (Å²) in [5, 5.41) is 9.20. The molecule has 0 aliphatic carbocycles. The molecule has 19 heavy (non-hydrogen) atoms. The van der Waals surface area contributed by atoms with Gasteiger partial charge in [0.15, 0.2) is 0 Å². The molecule has 6 heteroatoms. The van der Waals surface area contributed by atoms with E-state index in [0.29, 0.717) is 11.3 Å². The summed E-state index contributed by atoms with van der Waals surface area (Å²) in [6, 6.07) is 6.80. The van der Waals surface area contributed by atoms with Gasteiger partial charge in [-0.25, -0.2) is 8.42 Å². The zero-order chi connectivity index (χ0) is 14.2. The minimum atomic E-state index is -3.47. The fourth-order valence-corrected chi connectivity index (χ4v) is 4.22. The Morgan fingerprint density at radius 1 is 1.42 bits per heavy atom. The topological polar surface area (TPSA) is 74.7 Å². The number of benzene rings is 1. The van der Waals surface area contributed by atoms with Crippen LogP contribution in [0, 0.1) is 5.92 Å². The van der Waals surface area contributed by atoms with Crippen molar-refractivity contribution in [3.63, 3.8) is 0 Å². The van der Waals surface area contributed by atoms with Crippen LogP contribution in [-0.2, 0) is 14.8 Å². The SMILES string of the molecule is CC(C)CS(=O)(=O)N1CC(C(=O)O)c2ccccc21. The number of fused-ring (bicyclic) bond motifs is 1. The first-order valence-electron chi connectivity index (χ1n) is 6.15. The molecule has 0 spiro atoms. The highest BCUT2D eigenvalue weighted by Crippen LogP contribution is 2.38. The van der Waals surface area contributed by atoms with Gasteiger partial charge < -0.3 is 5.11 Å². The Labute approximate surface area is 112 Å². The van der Waals surface area contributed by atoms with Gasteiger partial charge in [0.05, 0.1) is 18.0 Å². The quantitative estimate of drug-likeness (QED) is 0.912. The summed E-state index contributed by atoms with van der Waals surface area (Å²) in [5.74, 6) is -1.75. The van der Waals surface area contributed by atoms with Crippen LogP contribution in [-0.4, -0.2) is 31.8 Å². The standard InChI is InChI=1S/C13H17NO4S/c1-9(2)8-19(17,18)14-7-11(13(15)16)10-5-3-4-6-12(10)14/h3-6,9,11H,7-8H2,1-2H3,(H,15,16). The summed E-state index contributed by atoms with van der Waals surface area (Å²) in [6.07, 6.45) is 0. The number of hydrogen-bond donors (Lipinski definition) is 1. The molecular formula is C13H17NO4S. The van der Waals surface area contributed by atoms with Crippen molar-refractivity contribution < 1.29 is 18.3 Å². The monoisotopic (exact) mass is 283 g/mol. The molecule has 0 bridgehead atoms. The van der Waals surface area contributed by atoms with E-state index in [-0.39, 0.29) is 18.2 Å². The molecule has 0 amide bonds. The van der Waals surface area contributed by atoms with Crippen molar-refractivity contribution in [1.82, 2.24) is 0 Å². The first-order valence-corrected chi connectivity index (χ1v) is 7.76. The van der Waals surface area contributed by atoms with Crippen LogP contribution in [0.4, 0.5) is 5.69 Å². The van der Waals surface area contributed by atoms with E-state index in [1.54, 1.807) is 24.3 Å². The molecule has 1 aromatic rings. The van der Waals surface area contributed by atoms with Gasteiger partial charge in [-0.05, 0) is 17.5 Å². The third-order valence-corrected chi connectivity index (χ3v) is 5.21. The fraction of sp³-hybridized carbons (Fsp3) is 0.462. The maximum absolute atomic E-state index is 12.3. The second-order valence-electron chi connectivity index (χ2n) is 5.15. The number of carbonyl (C=O) groups is 1. The normalized spacial score (nSPS) is 18.7. The maximum atomic E-state index is 12.3. The molecule has 1 aromatic carbocycles. The number of sulfonamides is 1. The number of carboxylic acid groups (broad SMARTS) is 1. The largest absolute Gasteiger partial charge is 0.481 e. The fourth-order valence-electron chi connectivity index (χ4n) is 2.36. The lowest BCUT2D eigenvalue weighted by atomic mass is 10.0. The highest BCUT2D eigenvalue weighted by atomic mass is 32.2. The van der Waals surface area contributed by atoms with Crippen molar-refractivity contribution in [2.75, 3.05) is 16.6 Å². The Balaban J connectivity index is 2.43. The smallest absolute Gasteiger partial charge is 0.312 e. The van der Waals surface area contributed by atoms with Crippen LogP contribution in [0.5, 0.6) is 0 Å². The van der Waals surface area contributed by atoms with Gasteiger partial charge in [0.25, 0.3) is 0 Å². The Hall–Kier alpha value is -1.56. The molecule has 5 nitrogen and oxygen atoms in total. The summed E-state index contributed by atoms with van der Waals surface area (Å²) in [5.41, 5.74) is 1.07. The number of rotatable bonds is 4. The zero-order valence-electron chi connectivity index (χ0n) is 10.9. The van der Waals surface area contributed by atoms with E-state index < -0.39 is 21.9 Å². The molecule has 1 atom stereocenters. The molecule has 1 aliphatic rings. The van der Waals surface area contributed by atoms with Crippen LogP contribution in [0.15, 0.2) is 24.3 Å². The molecular weight excluding hydrogens is 266 g/mol. The van der Waals surface area contributed by atoms with Gasteiger partial charge in [-0.3, -0.25) is 9.10 Å². The van der Waals surface area contributed by atoms with Gasteiger partial charge in [0, 0.05) is 0 Å². The van der Waals surface area contributed by atoms with Crippen molar-refractivity contribution in [3.8, 4) is 0 Å². The number of anilines is 1. The van der Waals surface area contributed by atoms with Crippen LogP contribution in [0.3, 0.4) is 0 Å². The molecule has 0 saturated heterocycles. The lowest BCUT2D eigenvalue weighted by molar-refractivity contribution is -0.138. The van der Waals surface area contributed by atoms with Crippen LogP contribution >= 0.6 is 0 Å². The molecule has 1 unspecified atom stereocenters. The van der Waals surface area contributed by atoms with E-state index in [1.165, 1.54) is 4.31 Å². The molecule has 2 rings (SSSR count). The van der Waals surface area contributed by atoms with Crippen LogP contribution in [0.2, 0.25) is 0 Å². The van der Waals surface area contributed by atoms with Crippen molar-refractivity contribution >= 4 is 21.7 Å². The van der Waals surface area contributed by atoms with E-state index in [4.69, 9.17) is 0 Å². The number of nitrogens with zero attached hydrogens (tertiary/aromatic N) is 1. The Kier molecular flexibility index (Phi) is 3.54. The molecule has 1 aliphatic heterocycles. The molecule has 0 saturated carbocycles. The van der Waals surface area contributed by atoms with Crippen molar-refractivity contribution in [3.05, 3.63) is 29.8 Å². The van der Waals surface area contributed by atoms with Crippen LogP contribution in [0.1, 0.15) is 25.3 Å². The van der Waals surface area contributed by atoms with E-state index >= 15 is 0 Å². The van der Waals surface area contributed by atoms with Gasteiger partial charge in [-0.1, -0.05) is 32.0 Å². The minimum Gasteiger partial charge on any atom is -0.481 e. The highest BCUT2D eigenvalue weighted by molar-refractivity contribution is 7.92. The van der Waals surface area contributed by atoms with Gasteiger partial charge in [-0.15, -0.1) is 0 Å². The number of hydrogen-bond acceptors (Lipinski definition) is 3. The number of para-hydroxylation sites is 1. The van der Waals surface area contributed by atoms with Gasteiger partial charge >= 0.3 is 5.97 Å². The summed E-state index contributed by atoms with van der Waals surface area (Å²) in [6.45, 7) is 3.64. The molecule has 0 radical (unpaired) electrons. The average molecular weight is 283 g/mol. The summed E-state index contributed by atoms with van der Waals surface area (Å²) in [7, 11) is -3.47. The summed E-state index contributed by atoms with van der Waals surface area (Å²) in [4.78, 5) is 11.2. The van der Waals surface area contributed by atoms with E-state index in [1.807, 2.05) is 13.8 Å². The molecule has 0 fully saturated rings. The zero-order valence-corrected chi connectivity index (χ0v) is 11.7. The maximum Gasteiger partial charge on any atom is 0.312 e. The second kappa shape index (κ2) is 4.85. The average Bonchev–Trinajstić information content (AvgIpc) is 2.67. The molecule has 1 heterocycles. The highest BCUT2D eigenvalue weighted by Gasteiger charge is 2.38. The van der Waals surface area contributed by atoms with Crippen molar-refractivity contribution in [1.29, 1.82) is 0 Å². The first-order chi connectivity index (χ1) is 8.83. The van der Waals surface area contributed by atoms with Gasteiger partial charge in [0.2, 0.25) is 10.0 Å². The van der Waals surface area contributed by atoms with Gasteiger partial charge in [0.1, 0.15) is 5.92 Å². The third kappa shape index (κ3) is 2.58. The molecule has 1 N–H and O–H groups in total. The van der Waals surface area contributed by atoms with Gasteiger partial charge in [-0.2, -0.15) is 0 Å². The Bertz CT molecular complexity index is 594. The number of carboxylic acids is 1. The van der Waals surface area contributed by atoms with E-state index in [0.717, 1.165) is 0 Å². The molecule has 0 aromatic heterocycles. The second-order valence-corrected chi connectivity index (χ2v) is 7.09. The number of aliphatic carboxylic acids is 1. The minimum absolute atomic E-state index is 0.000963. The Morgan fingerprint density at radius 3 is 2.63 bits per heavy atom. The lowest BCUT2D eigenvalue weighted by Crippen LogP contribution is -2.34. The summed E-state index contributed by atoms with van der Waals surface area (Å²) >= 11 is 0. The van der Waals surface area contributed by atoms with Crippen LogP contribution < -0.4 is 4.31 Å². The predicted octanol–water partition coefficient (Wildman–Crippen LogP) is 1.66. The van der Waals surface area contributed by atoms with E-state index in [9.17, 15) is 18.3 Å². The lowest BCUT2D eigenvalue weighted by Gasteiger charge is -2.20. The molecule has 104 valence electrons. The van der Waals surface area contributed by atoms with Crippen molar-refractivity contribution in [2.24, 2.45) is 5.92 Å². The van der Waals surface area contributed by atoms with E-state index in [2.05, 4.69) is 0 Å². The third-order valence-electron chi connectivity index (χ3n) is 3.11. The summed E-state index contributed by atoms with van der Waals surface area (Å²) < 4.78 is 25.9.